The van der Waals surface area contributed by atoms with Gasteiger partial charge < -0.3 is 60.7 Å². The van der Waals surface area contributed by atoms with Crippen LogP contribution in [0.2, 0.25) is 0 Å². The van der Waals surface area contributed by atoms with Gasteiger partial charge in [-0.25, -0.2) is 39.5 Å². The number of ether oxygens (including phenoxy) is 2. The molecule has 8 aromatic rings. The van der Waals surface area contributed by atoms with Crippen LogP contribution in [0.1, 0.15) is 90.0 Å². The van der Waals surface area contributed by atoms with Crippen molar-refractivity contribution < 1.29 is 38.0 Å². The van der Waals surface area contributed by atoms with Crippen molar-refractivity contribution in [3.05, 3.63) is 162 Å². The first-order valence-electron chi connectivity index (χ1n) is 26.7. The third kappa shape index (κ3) is 18.2. The van der Waals surface area contributed by atoms with E-state index in [0.717, 1.165) is 31.2 Å². The van der Waals surface area contributed by atoms with Crippen molar-refractivity contribution in [2.24, 2.45) is 0 Å². The van der Waals surface area contributed by atoms with E-state index in [1.807, 2.05) is 100 Å². The van der Waals surface area contributed by atoms with E-state index in [9.17, 15) is 19.2 Å². The molecular weight excluding hydrogens is 1250 g/mol. The maximum Gasteiger partial charge on any atom is 0.494 e. The lowest BCUT2D eigenvalue weighted by Gasteiger charge is -2.32. The number of carbonyl (C=O) groups is 4. The van der Waals surface area contributed by atoms with Crippen LogP contribution in [-0.2, 0) is 31.9 Å². The highest BCUT2D eigenvalue weighted by Crippen LogP contribution is 2.37. The van der Waals surface area contributed by atoms with Gasteiger partial charge in [-0.3, -0.25) is 9.59 Å². The van der Waals surface area contributed by atoms with E-state index in [4.69, 9.17) is 30.2 Å². The SMILES string of the molecule is C=C[C@@H](Cn1cc(-c2ccc(C(=O)Nc3ccccn3)cc2)c2c(N)ncnc21)NC(=O)OC(C)(C)C.C=C[C@@H](Cn1cc(I)c2c(N)ncnc21)NC(=O)OC(C)(C)C.CC1(C)OB(c2ccc(C(=O)Nc3ccccn3)cc2)OC1(C)C.S.S. The number of aromatic nitrogens is 8. The average molecular weight is 1320 g/mol. The minimum Gasteiger partial charge on any atom is -0.444 e. The fourth-order valence-corrected chi connectivity index (χ4v) is 9.12. The maximum absolute atomic E-state index is 12.6. The largest absolute Gasteiger partial charge is 0.494 e. The molecular formula is C60H74BIN14O8S2. The number of alkyl carbamates (subject to hydrolysis) is 2. The molecule has 7 heterocycles. The van der Waals surface area contributed by atoms with E-state index in [1.165, 1.54) is 12.7 Å². The van der Waals surface area contributed by atoms with E-state index in [1.54, 1.807) is 99.9 Å². The number of fused-ring (bicyclic) bond motifs is 2. The first kappa shape index (κ1) is 68.7. The highest BCUT2D eigenvalue weighted by Gasteiger charge is 2.51. The van der Waals surface area contributed by atoms with Gasteiger partial charge >= 0.3 is 19.3 Å². The number of amides is 4. The van der Waals surface area contributed by atoms with Gasteiger partial charge in [-0.05, 0) is 151 Å². The van der Waals surface area contributed by atoms with Crippen molar-refractivity contribution in [2.45, 2.75) is 117 Å². The van der Waals surface area contributed by atoms with E-state index in [2.05, 4.69) is 86.9 Å². The number of nitrogen functional groups attached to an aromatic ring is 2. The molecule has 0 radical (unpaired) electrons. The molecule has 0 unspecified atom stereocenters. The minimum absolute atomic E-state index is 0. The molecule has 1 aliphatic rings. The first-order chi connectivity index (χ1) is 39.6. The number of carbonyl (C=O) groups excluding carboxylic acids is 4. The van der Waals surface area contributed by atoms with Crippen LogP contribution >= 0.6 is 49.6 Å². The summed E-state index contributed by atoms with van der Waals surface area (Å²) in [6.07, 6.45) is 12.2. The monoisotopic (exact) mass is 1320 g/mol. The normalized spacial score (nSPS) is 13.8. The molecule has 2 aromatic carbocycles. The Hall–Kier alpha value is -8.05. The van der Waals surface area contributed by atoms with Gasteiger partial charge in [-0.1, -0.05) is 48.6 Å². The predicted octanol–water partition coefficient (Wildman–Crippen LogP) is 9.96. The van der Waals surface area contributed by atoms with E-state index in [-0.39, 0.29) is 56.0 Å². The molecule has 454 valence electrons. The number of nitrogens with one attached hydrogen (secondary N) is 4. The van der Waals surface area contributed by atoms with Crippen molar-refractivity contribution in [1.29, 1.82) is 0 Å². The molecule has 1 fully saturated rings. The topological polar surface area (TPSA) is 293 Å². The quantitative estimate of drug-likeness (QED) is 0.0335. The van der Waals surface area contributed by atoms with Crippen molar-refractivity contribution in [1.82, 2.24) is 49.7 Å². The van der Waals surface area contributed by atoms with E-state index in [0.29, 0.717) is 58.5 Å². The van der Waals surface area contributed by atoms with Gasteiger partial charge in [0.15, 0.2) is 0 Å². The summed E-state index contributed by atoms with van der Waals surface area (Å²) < 4.78 is 27.4. The number of anilines is 4. The summed E-state index contributed by atoms with van der Waals surface area (Å²) in [7, 11) is -0.428. The van der Waals surface area contributed by atoms with Crippen molar-refractivity contribution in [3.63, 3.8) is 0 Å². The lowest BCUT2D eigenvalue weighted by molar-refractivity contribution is 0.00578. The number of nitrogens with two attached hydrogens (primary N) is 2. The number of halogens is 1. The number of pyridine rings is 2. The van der Waals surface area contributed by atoms with Crippen LogP contribution in [0.15, 0.2) is 148 Å². The second kappa shape index (κ2) is 29.4. The Kier molecular flexibility index (Phi) is 23.5. The molecule has 1 aliphatic heterocycles. The molecule has 26 heteroatoms. The summed E-state index contributed by atoms with van der Waals surface area (Å²) in [5.41, 5.74) is 15.1. The second-order valence-electron chi connectivity index (χ2n) is 22.3. The van der Waals surface area contributed by atoms with E-state index < -0.39 is 36.5 Å². The smallest absolute Gasteiger partial charge is 0.444 e. The van der Waals surface area contributed by atoms with Gasteiger partial charge in [-0.2, -0.15) is 27.0 Å². The van der Waals surface area contributed by atoms with Crippen LogP contribution in [-0.4, -0.2) is 105 Å². The third-order valence-electron chi connectivity index (χ3n) is 13.0. The van der Waals surface area contributed by atoms with Gasteiger partial charge in [0.05, 0.1) is 34.1 Å². The molecule has 0 saturated carbocycles. The third-order valence-corrected chi connectivity index (χ3v) is 13.9. The standard InChI is InChI=1S/C27H29N7O3.C18H21BN2O3.C15H20IN5O2.2H2S/c1-5-19(32-26(36)37-27(2,3)4)14-34-15-20(22-23(28)30-16-31-24(22)34)17-9-11-18(12-10-17)25(35)33-21-8-6-7-13-29-21;1-17(2)18(3,4)24-19(23-17)14-10-8-13(9-11-14)16(22)21-15-7-5-6-12-20-15;1-5-9(20-14(22)23-15(2,3)4)6-21-7-10(16)11-12(17)18-8-19-13(11)21;;/h5-13,15-16,19H,1,14H2,2-4H3,(H,32,36)(H2,28,30,31)(H,29,33,35);5-12H,1-4H3,(H,20,21,22);5,7-9H,1,6H2,2-4H3,(H,20,22)(H2,17,18,19);2*1H2/t19-;;9-;;/m0.0../s1. The number of nitrogens with zero attached hydrogens (tertiary/aromatic N) is 8. The summed E-state index contributed by atoms with van der Waals surface area (Å²) >= 11 is 2.19. The fourth-order valence-electron chi connectivity index (χ4n) is 8.27. The Morgan fingerprint density at radius 2 is 1.05 bits per heavy atom. The molecule has 6 aromatic heterocycles. The maximum atomic E-state index is 12.6. The van der Waals surface area contributed by atoms with Crippen LogP contribution in [0.25, 0.3) is 33.2 Å². The lowest BCUT2D eigenvalue weighted by atomic mass is 9.79. The molecule has 0 aliphatic carbocycles. The van der Waals surface area contributed by atoms with Gasteiger partial charge in [0, 0.05) is 58.1 Å². The number of hydrogen-bond donors (Lipinski definition) is 6. The molecule has 0 bridgehead atoms. The Morgan fingerprint density at radius 3 is 1.47 bits per heavy atom. The summed E-state index contributed by atoms with van der Waals surface area (Å²) in [5, 5.41) is 12.6. The van der Waals surface area contributed by atoms with Crippen LogP contribution in [0.5, 0.6) is 0 Å². The minimum atomic E-state index is -0.620. The second-order valence-corrected chi connectivity index (χ2v) is 23.5. The summed E-state index contributed by atoms with van der Waals surface area (Å²) in [6, 6.07) is 24.3. The van der Waals surface area contributed by atoms with Gasteiger partial charge in [0.25, 0.3) is 11.8 Å². The molecule has 9 rings (SSSR count). The summed E-state index contributed by atoms with van der Waals surface area (Å²) in [5.74, 6) is 1.30. The fraction of sp³-hybridized carbons (Fsp3) is 0.300. The van der Waals surface area contributed by atoms with Gasteiger partial charge in [0.2, 0.25) is 0 Å². The highest BCUT2D eigenvalue weighted by molar-refractivity contribution is 14.1. The Bertz CT molecular complexity index is 3620. The Labute approximate surface area is 528 Å². The zero-order valence-electron chi connectivity index (χ0n) is 49.6. The molecule has 0 spiro atoms. The molecule has 1 saturated heterocycles. The summed E-state index contributed by atoms with van der Waals surface area (Å²) in [4.78, 5) is 74.1. The Morgan fingerprint density at radius 1 is 0.628 bits per heavy atom. The number of benzene rings is 2. The first-order valence-corrected chi connectivity index (χ1v) is 27.8. The molecule has 86 heavy (non-hydrogen) atoms. The molecule has 22 nitrogen and oxygen atoms in total. The molecule has 4 amide bonds. The average Bonchev–Trinajstić information content (AvgIpc) is 1.76. The van der Waals surface area contributed by atoms with Gasteiger partial charge in [0.1, 0.15) is 58.4 Å². The summed E-state index contributed by atoms with van der Waals surface area (Å²) in [6.45, 7) is 27.3. The molecule has 2 atom stereocenters. The predicted molar refractivity (Wildman–Crippen MR) is 356 cm³/mol. The number of hydrogen-bond acceptors (Lipinski definition) is 16. The van der Waals surface area contributed by atoms with Crippen molar-refractivity contribution >= 4 is 132 Å². The Balaban J connectivity index is 0.000000242. The van der Waals surface area contributed by atoms with Gasteiger partial charge in [-0.15, -0.1) is 13.2 Å². The molecule has 8 N–H and O–H groups in total. The van der Waals surface area contributed by atoms with Crippen LogP contribution < -0.4 is 38.2 Å². The van der Waals surface area contributed by atoms with Crippen molar-refractivity contribution in [3.8, 4) is 11.1 Å². The van der Waals surface area contributed by atoms with Crippen LogP contribution in [0, 0.1) is 3.57 Å². The van der Waals surface area contributed by atoms with Crippen LogP contribution in [0.3, 0.4) is 0 Å². The van der Waals surface area contributed by atoms with Crippen LogP contribution in [0.4, 0.5) is 32.9 Å². The van der Waals surface area contributed by atoms with Crippen molar-refractivity contribution in [2.75, 3.05) is 22.1 Å². The zero-order valence-corrected chi connectivity index (χ0v) is 53.8. The zero-order chi connectivity index (χ0) is 61.1. The lowest BCUT2D eigenvalue weighted by Crippen LogP contribution is -2.41. The van der Waals surface area contributed by atoms with E-state index >= 15 is 0 Å². The number of rotatable bonds is 14. The highest BCUT2D eigenvalue weighted by atomic mass is 127.